The first-order chi connectivity index (χ1) is 13.2. The van der Waals surface area contributed by atoms with Crippen LogP contribution in [0.4, 0.5) is 21.6 Å². The molecule has 0 unspecified atom stereocenters. The summed E-state index contributed by atoms with van der Waals surface area (Å²) in [5.74, 6) is 0.358. The molecule has 0 bridgehead atoms. The van der Waals surface area contributed by atoms with E-state index in [1.54, 1.807) is 36.8 Å². The van der Waals surface area contributed by atoms with Crippen molar-refractivity contribution in [3.8, 4) is 0 Å². The van der Waals surface area contributed by atoms with Gasteiger partial charge in [-0.2, -0.15) is 0 Å². The molecule has 0 radical (unpaired) electrons. The molecule has 0 aliphatic heterocycles. The van der Waals surface area contributed by atoms with Crippen LogP contribution in [-0.4, -0.2) is 21.2 Å². The molecule has 0 saturated carbocycles. The highest BCUT2D eigenvalue weighted by Crippen LogP contribution is 2.23. The van der Waals surface area contributed by atoms with Crippen molar-refractivity contribution in [1.82, 2.24) is 15.0 Å². The number of imidazole rings is 1. The van der Waals surface area contributed by atoms with Crippen molar-refractivity contribution in [2.45, 2.75) is 6.54 Å². The Kier molecular flexibility index (Phi) is 4.49. The summed E-state index contributed by atoms with van der Waals surface area (Å²) < 4.78 is 13.8. The van der Waals surface area contributed by atoms with Gasteiger partial charge in [0.1, 0.15) is 11.6 Å². The SMILES string of the molecule is N=Cc1cnc(Nc2ccc3nc[nH]c3c2)cc1NCc1ccccc1F.[HH].[HH]. The van der Waals surface area contributed by atoms with Crippen LogP contribution in [0.1, 0.15) is 14.0 Å². The van der Waals surface area contributed by atoms with Crippen LogP contribution in [-0.2, 0) is 6.54 Å². The molecule has 4 N–H and O–H groups in total. The average Bonchev–Trinajstić information content (AvgIpc) is 3.15. The van der Waals surface area contributed by atoms with Crippen LogP contribution in [0.5, 0.6) is 0 Å². The molecule has 0 fully saturated rings. The molecule has 0 aliphatic rings. The number of hydrogen-bond acceptors (Lipinski definition) is 5. The van der Waals surface area contributed by atoms with Gasteiger partial charge in [-0.25, -0.2) is 14.4 Å². The summed E-state index contributed by atoms with van der Waals surface area (Å²) in [4.78, 5) is 11.6. The number of nitrogens with zero attached hydrogens (tertiary/aromatic N) is 2. The van der Waals surface area contributed by atoms with Gasteiger partial charge in [-0.05, 0) is 24.3 Å². The molecule has 0 spiro atoms. The van der Waals surface area contributed by atoms with Crippen molar-refractivity contribution < 1.29 is 7.24 Å². The number of aromatic amines is 1. The number of anilines is 3. The Balaban J connectivity index is 0.00000150. The largest absolute Gasteiger partial charge is 0.380 e. The van der Waals surface area contributed by atoms with E-state index in [0.29, 0.717) is 29.2 Å². The van der Waals surface area contributed by atoms with E-state index in [4.69, 9.17) is 5.41 Å². The summed E-state index contributed by atoms with van der Waals surface area (Å²) in [6.07, 6.45) is 4.47. The second-order valence-electron chi connectivity index (χ2n) is 6.01. The van der Waals surface area contributed by atoms with Crippen LogP contribution < -0.4 is 10.6 Å². The molecule has 4 aromatic rings. The number of aromatic nitrogens is 3. The minimum absolute atomic E-state index is 0. The molecule has 27 heavy (non-hydrogen) atoms. The lowest BCUT2D eigenvalue weighted by atomic mass is 10.2. The molecule has 138 valence electrons. The van der Waals surface area contributed by atoms with Crippen molar-refractivity contribution in [2.75, 3.05) is 10.6 Å². The lowest BCUT2D eigenvalue weighted by Gasteiger charge is -2.12. The highest BCUT2D eigenvalue weighted by atomic mass is 19.1. The van der Waals surface area contributed by atoms with Crippen LogP contribution >= 0.6 is 0 Å². The molecule has 7 heteroatoms. The van der Waals surface area contributed by atoms with E-state index in [1.165, 1.54) is 12.3 Å². The van der Waals surface area contributed by atoms with Crippen LogP contribution in [0, 0.1) is 11.2 Å². The van der Waals surface area contributed by atoms with Gasteiger partial charge in [-0.3, -0.25) is 0 Å². The first kappa shape index (κ1) is 16.7. The lowest BCUT2D eigenvalue weighted by molar-refractivity contribution is 0.613. The minimum Gasteiger partial charge on any atom is -0.380 e. The second-order valence-corrected chi connectivity index (χ2v) is 6.01. The van der Waals surface area contributed by atoms with Gasteiger partial charge >= 0.3 is 0 Å². The van der Waals surface area contributed by atoms with Crippen molar-refractivity contribution >= 4 is 34.4 Å². The van der Waals surface area contributed by atoms with Gasteiger partial charge in [0.05, 0.1) is 17.4 Å². The highest BCUT2D eigenvalue weighted by Gasteiger charge is 2.07. The molecule has 6 nitrogen and oxygen atoms in total. The smallest absolute Gasteiger partial charge is 0.132 e. The number of nitrogens with one attached hydrogen (secondary N) is 4. The summed E-state index contributed by atoms with van der Waals surface area (Å²) in [5.41, 5.74) is 4.56. The molecule has 0 amide bonds. The maximum absolute atomic E-state index is 13.8. The van der Waals surface area contributed by atoms with E-state index in [1.807, 2.05) is 18.2 Å². The molecule has 0 atom stereocenters. The predicted molar refractivity (Wildman–Crippen MR) is 109 cm³/mol. The first-order valence-corrected chi connectivity index (χ1v) is 8.41. The van der Waals surface area contributed by atoms with Crippen molar-refractivity contribution in [1.29, 1.82) is 5.41 Å². The lowest BCUT2D eigenvalue weighted by Crippen LogP contribution is -2.05. The number of halogens is 1. The fourth-order valence-corrected chi connectivity index (χ4v) is 2.80. The number of pyridine rings is 1. The van der Waals surface area contributed by atoms with E-state index in [-0.39, 0.29) is 8.67 Å². The van der Waals surface area contributed by atoms with Crippen molar-refractivity contribution in [3.05, 3.63) is 78.0 Å². The second kappa shape index (κ2) is 7.25. The highest BCUT2D eigenvalue weighted by molar-refractivity contribution is 5.87. The van der Waals surface area contributed by atoms with Gasteiger partial charge in [0.25, 0.3) is 0 Å². The van der Waals surface area contributed by atoms with Gasteiger partial charge in [0, 0.05) is 50.4 Å². The molecule has 2 heterocycles. The maximum atomic E-state index is 13.8. The monoisotopic (exact) mass is 364 g/mol. The van der Waals surface area contributed by atoms with E-state index in [0.717, 1.165) is 16.7 Å². The van der Waals surface area contributed by atoms with E-state index >= 15 is 0 Å². The third kappa shape index (κ3) is 3.62. The summed E-state index contributed by atoms with van der Waals surface area (Å²) in [6.45, 7) is 0.317. The van der Waals surface area contributed by atoms with Gasteiger partial charge in [-0.1, -0.05) is 18.2 Å². The fraction of sp³-hybridized carbons (Fsp3) is 0.0500. The molecule has 0 saturated heterocycles. The molecule has 0 aliphatic carbocycles. The number of rotatable bonds is 6. The van der Waals surface area contributed by atoms with Gasteiger partial charge in [0.15, 0.2) is 0 Å². The summed E-state index contributed by atoms with van der Waals surface area (Å²) in [6, 6.07) is 14.2. The third-order valence-corrected chi connectivity index (χ3v) is 4.21. The molecule has 2 aromatic carbocycles. The Labute approximate surface area is 158 Å². The summed E-state index contributed by atoms with van der Waals surface area (Å²) in [7, 11) is 0. The Morgan fingerprint density at radius 2 is 2.04 bits per heavy atom. The van der Waals surface area contributed by atoms with Crippen molar-refractivity contribution in [2.24, 2.45) is 0 Å². The standard InChI is InChI=1S/C20H17FN6.2H2/c21-16-4-2-1-3-13(16)10-23-18-8-20(24-11-14(18)9-22)27-15-5-6-17-19(7-15)26-12-25-17;;/h1-9,11-12,22H,10H2,(H,25,26)(H2,23,24,27);2*1H. The quantitative estimate of drug-likeness (QED) is 0.365. The van der Waals surface area contributed by atoms with Gasteiger partial charge in [-0.15, -0.1) is 0 Å². The van der Waals surface area contributed by atoms with Crippen LogP contribution in [0.3, 0.4) is 0 Å². The third-order valence-electron chi connectivity index (χ3n) is 4.21. The number of H-pyrrole nitrogens is 1. The number of hydrogen-bond donors (Lipinski definition) is 4. The van der Waals surface area contributed by atoms with Crippen LogP contribution in [0.25, 0.3) is 11.0 Å². The fourth-order valence-electron chi connectivity index (χ4n) is 2.80. The van der Waals surface area contributed by atoms with E-state index in [9.17, 15) is 4.39 Å². The Morgan fingerprint density at radius 1 is 1.15 bits per heavy atom. The zero-order valence-electron chi connectivity index (χ0n) is 14.3. The Hall–Kier alpha value is -3.74. The van der Waals surface area contributed by atoms with Gasteiger partial charge in [0.2, 0.25) is 0 Å². The topological polar surface area (TPSA) is 89.5 Å². The molecule has 2 aromatic heterocycles. The maximum Gasteiger partial charge on any atom is 0.132 e. The first-order valence-electron chi connectivity index (χ1n) is 8.41. The van der Waals surface area contributed by atoms with E-state index < -0.39 is 0 Å². The molecule has 4 rings (SSSR count). The predicted octanol–water partition coefficient (Wildman–Crippen LogP) is 4.94. The molecular weight excluding hydrogens is 343 g/mol. The van der Waals surface area contributed by atoms with E-state index in [2.05, 4.69) is 25.6 Å². The average molecular weight is 364 g/mol. The normalized spacial score (nSPS) is 10.7. The Bertz CT molecular complexity index is 1120. The van der Waals surface area contributed by atoms with Crippen LogP contribution in [0.15, 0.2) is 61.1 Å². The van der Waals surface area contributed by atoms with Crippen LogP contribution in [0.2, 0.25) is 0 Å². The number of fused-ring (bicyclic) bond motifs is 1. The van der Waals surface area contributed by atoms with Crippen molar-refractivity contribution in [3.63, 3.8) is 0 Å². The Morgan fingerprint density at radius 3 is 2.89 bits per heavy atom. The molecular formula is C20H21FN6. The summed E-state index contributed by atoms with van der Waals surface area (Å²) >= 11 is 0. The number of benzene rings is 2. The zero-order valence-corrected chi connectivity index (χ0v) is 14.3. The van der Waals surface area contributed by atoms with Gasteiger partial charge < -0.3 is 21.0 Å². The minimum atomic E-state index is -0.262. The zero-order chi connectivity index (χ0) is 18.6. The summed E-state index contributed by atoms with van der Waals surface area (Å²) in [5, 5.41) is 14.0.